The molecule has 4 aliphatic rings. The van der Waals surface area contributed by atoms with Crippen LogP contribution in [-0.4, -0.2) is 28.6 Å². The first-order chi connectivity index (χ1) is 10.8. The number of aliphatic hydroxyl groups is 1. The minimum atomic E-state index is -0.516. The molecule has 2 saturated carbocycles. The maximum atomic E-state index is 11.8. The van der Waals surface area contributed by atoms with Gasteiger partial charge in [0.25, 0.3) is 0 Å². The third-order valence-corrected chi connectivity index (χ3v) is 7.24. The average molecular weight is 318 g/mol. The van der Waals surface area contributed by atoms with Crippen molar-refractivity contribution in [1.29, 1.82) is 0 Å². The van der Waals surface area contributed by atoms with E-state index in [9.17, 15) is 14.7 Å². The van der Waals surface area contributed by atoms with Gasteiger partial charge < -0.3 is 9.84 Å². The van der Waals surface area contributed by atoms with E-state index in [2.05, 4.69) is 6.92 Å². The summed E-state index contributed by atoms with van der Waals surface area (Å²) in [4.78, 5) is 23.6. The van der Waals surface area contributed by atoms with Gasteiger partial charge in [-0.1, -0.05) is 12.5 Å². The molecule has 0 aromatic heterocycles. The maximum Gasteiger partial charge on any atom is 0.306 e. The Bertz CT molecular complexity index is 594. The fourth-order valence-corrected chi connectivity index (χ4v) is 6.22. The van der Waals surface area contributed by atoms with Crippen molar-refractivity contribution in [2.24, 2.45) is 23.2 Å². The number of ether oxygens (including phenoxy) is 1. The zero-order chi connectivity index (χ0) is 16.4. The molecule has 3 fully saturated rings. The third kappa shape index (κ3) is 2.14. The summed E-state index contributed by atoms with van der Waals surface area (Å²) in [7, 11) is 0. The normalized spacial score (nSPS) is 49.4. The third-order valence-electron chi connectivity index (χ3n) is 7.24. The lowest BCUT2D eigenvalue weighted by Gasteiger charge is -2.60. The van der Waals surface area contributed by atoms with E-state index in [1.165, 1.54) is 5.57 Å². The van der Waals surface area contributed by atoms with Crippen molar-refractivity contribution < 1.29 is 19.4 Å². The number of aliphatic hydroxyl groups excluding tert-OH is 1. The first-order valence-electron chi connectivity index (χ1n) is 8.97. The number of carbonyl (C=O) groups is 2. The number of esters is 1. The lowest BCUT2D eigenvalue weighted by atomic mass is 9.47. The summed E-state index contributed by atoms with van der Waals surface area (Å²) in [6.45, 7) is 4.25. The van der Waals surface area contributed by atoms with Gasteiger partial charge in [0.1, 0.15) is 5.60 Å². The molecule has 0 radical (unpaired) electrons. The second kappa shape index (κ2) is 4.92. The van der Waals surface area contributed by atoms with Crippen molar-refractivity contribution in [3.8, 4) is 0 Å². The van der Waals surface area contributed by atoms with Gasteiger partial charge >= 0.3 is 5.97 Å². The molecule has 0 aromatic rings. The molecule has 23 heavy (non-hydrogen) atoms. The molecular formula is C19H26O4. The van der Waals surface area contributed by atoms with Gasteiger partial charge in [0, 0.05) is 25.2 Å². The first-order valence-corrected chi connectivity index (χ1v) is 8.97. The van der Waals surface area contributed by atoms with Gasteiger partial charge in [0.05, 0.1) is 6.10 Å². The molecule has 126 valence electrons. The molecule has 4 nitrogen and oxygen atoms in total. The van der Waals surface area contributed by atoms with Crippen LogP contribution in [0.3, 0.4) is 0 Å². The molecule has 3 aliphatic carbocycles. The Labute approximate surface area is 137 Å². The molecule has 0 unspecified atom stereocenters. The van der Waals surface area contributed by atoms with E-state index >= 15 is 0 Å². The SMILES string of the molecule is C[C@]12C[C@@H](O)[C@@H]3[C@H](CCC4=CC(=O)CC[C@]43C)[C@@H]1CCC(=O)O2. The summed E-state index contributed by atoms with van der Waals surface area (Å²) in [5.74, 6) is 1.01. The summed E-state index contributed by atoms with van der Waals surface area (Å²) in [5, 5.41) is 11.0. The van der Waals surface area contributed by atoms with E-state index in [4.69, 9.17) is 4.74 Å². The van der Waals surface area contributed by atoms with Gasteiger partial charge in [-0.2, -0.15) is 0 Å². The molecule has 0 bridgehead atoms. The van der Waals surface area contributed by atoms with Gasteiger partial charge in [-0.05, 0) is 55.9 Å². The van der Waals surface area contributed by atoms with Crippen molar-refractivity contribution in [3.63, 3.8) is 0 Å². The fourth-order valence-electron chi connectivity index (χ4n) is 6.22. The largest absolute Gasteiger partial charge is 0.459 e. The number of carbonyl (C=O) groups excluding carboxylic acids is 2. The summed E-state index contributed by atoms with van der Waals surface area (Å²) in [6, 6.07) is 0. The van der Waals surface area contributed by atoms with Gasteiger partial charge in [-0.25, -0.2) is 0 Å². The molecule has 1 aliphatic heterocycles. The second-order valence-electron chi connectivity index (χ2n) is 8.49. The number of hydrogen-bond acceptors (Lipinski definition) is 4. The number of hydrogen-bond donors (Lipinski definition) is 1. The molecule has 1 saturated heterocycles. The van der Waals surface area contributed by atoms with E-state index in [1.54, 1.807) is 0 Å². The Morgan fingerprint density at radius 3 is 2.74 bits per heavy atom. The number of allylic oxidation sites excluding steroid dienone is 2. The topological polar surface area (TPSA) is 63.6 Å². The molecular weight excluding hydrogens is 292 g/mol. The van der Waals surface area contributed by atoms with E-state index < -0.39 is 11.7 Å². The summed E-state index contributed by atoms with van der Waals surface area (Å²) in [6.07, 6.45) is 6.66. The molecule has 0 amide bonds. The van der Waals surface area contributed by atoms with Gasteiger partial charge in [-0.3, -0.25) is 9.59 Å². The highest BCUT2D eigenvalue weighted by atomic mass is 16.6. The fraction of sp³-hybridized carbons (Fsp3) is 0.789. The maximum absolute atomic E-state index is 11.8. The van der Waals surface area contributed by atoms with Crippen LogP contribution in [0.25, 0.3) is 0 Å². The zero-order valence-electron chi connectivity index (χ0n) is 14.0. The van der Waals surface area contributed by atoms with Crippen LogP contribution < -0.4 is 0 Å². The van der Waals surface area contributed by atoms with Crippen molar-refractivity contribution in [2.45, 2.75) is 70.5 Å². The Balaban J connectivity index is 1.72. The van der Waals surface area contributed by atoms with Crippen LogP contribution in [-0.2, 0) is 14.3 Å². The van der Waals surface area contributed by atoms with Crippen LogP contribution in [0.5, 0.6) is 0 Å². The Hall–Kier alpha value is -1.16. The predicted molar refractivity (Wildman–Crippen MR) is 84.5 cm³/mol. The Kier molecular flexibility index (Phi) is 3.29. The number of rotatable bonds is 0. The van der Waals surface area contributed by atoms with Gasteiger partial charge in [0.2, 0.25) is 0 Å². The number of ketones is 1. The summed E-state index contributed by atoms with van der Waals surface area (Å²) >= 11 is 0. The summed E-state index contributed by atoms with van der Waals surface area (Å²) in [5.41, 5.74) is 0.655. The lowest BCUT2D eigenvalue weighted by molar-refractivity contribution is -0.212. The highest BCUT2D eigenvalue weighted by Gasteiger charge is 2.60. The predicted octanol–water partition coefficient (Wildman–Crippen LogP) is 2.78. The summed E-state index contributed by atoms with van der Waals surface area (Å²) < 4.78 is 5.72. The van der Waals surface area contributed by atoms with Crippen molar-refractivity contribution in [1.82, 2.24) is 0 Å². The molecule has 0 aromatic carbocycles. The van der Waals surface area contributed by atoms with E-state index in [0.717, 1.165) is 25.7 Å². The van der Waals surface area contributed by atoms with Crippen LogP contribution in [0, 0.1) is 23.2 Å². The van der Waals surface area contributed by atoms with Crippen molar-refractivity contribution in [2.75, 3.05) is 0 Å². The Morgan fingerprint density at radius 1 is 1.17 bits per heavy atom. The molecule has 6 atom stereocenters. The van der Waals surface area contributed by atoms with Crippen LogP contribution in [0.1, 0.15) is 58.8 Å². The van der Waals surface area contributed by atoms with Crippen LogP contribution in [0.2, 0.25) is 0 Å². The molecule has 1 N–H and O–H groups in total. The van der Waals surface area contributed by atoms with Crippen LogP contribution >= 0.6 is 0 Å². The smallest absolute Gasteiger partial charge is 0.306 e. The highest BCUT2D eigenvalue weighted by Crippen LogP contribution is 2.61. The molecule has 1 heterocycles. The minimum absolute atomic E-state index is 0.0704. The van der Waals surface area contributed by atoms with Gasteiger partial charge in [-0.15, -0.1) is 0 Å². The van der Waals surface area contributed by atoms with Crippen LogP contribution in [0.15, 0.2) is 11.6 Å². The second-order valence-corrected chi connectivity index (χ2v) is 8.49. The molecule has 4 rings (SSSR count). The van der Waals surface area contributed by atoms with Gasteiger partial charge in [0.15, 0.2) is 5.78 Å². The monoisotopic (exact) mass is 318 g/mol. The quantitative estimate of drug-likeness (QED) is 0.698. The standard InChI is InChI=1S/C19H26O4/c1-18-8-7-12(20)9-11(18)3-4-13-14-5-6-16(22)23-19(14,2)10-15(21)17(13)18/h9,13-15,17,21H,3-8,10H2,1-2H3/t13-,14+,15-,17+,18-,19+/m1/s1. The average Bonchev–Trinajstić information content (AvgIpc) is 2.46. The van der Waals surface area contributed by atoms with Crippen LogP contribution in [0.4, 0.5) is 0 Å². The highest BCUT2D eigenvalue weighted by molar-refractivity contribution is 5.91. The molecule has 0 spiro atoms. The first kappa shape index (κ1) is 15.4. The van der Waals surface area contributed by atoms with E-state index in [0.29, 0.717) is 31.1 Å². The van der Waals surface area contributed by atoms with E-state index in [1.807, 2.05) is 13.0 Å². The Morgan fingerprint density at radius 2 is 1.96 bits per heavy atom. The minimum Gasteiger partial charge on any atom is -0.459 e. The van der Waals surface area contributed by atoms with Crippen molar-refractivity contribution >= 4 is 11.8 Å². The van der Waals surface area contributed by atoms with E-state index in [-0.39, 0.29) is 23.1 Å². The number of fused-ring (bicyclic) bond motifs is 5. The van der Waals surface area contributed by atoms with Crippen molar-refractivity contribution in [3.05, 3.63) is 11.6 Å². The zero-order valence-corrected chi connectivity index (χ0v) is 14.0. The molecule has 4 heteroatoms. The lowest BCUT2D eigenvalue weighted by Crippen LogP contribution is -2.61.